The highest BCUT2D eigenvalue weighted by Crippen LogP contribution is 2.42. The molecule has 1 amide bonds. The van der Waals surface area contributed by atoms with Gasteiger partial charge in [-0.15, -0.1) is 0 Å². The fourth-order valence-electron chi connectivity index (χ4n) is 3.06. The van der Waals surface area contributed by atoms with Gasteiger partial charge < -0.3 is 4.90 Å². The Labute approximate surface area is 151 Å². The number of halogens is 1. The monoisotopic (exact) mass is 386 g/mol. The molecule has 0 saturated carbocycles. The molecule has 0 spiro atoms. The molecule has 2 fully saturated rings. The summed E-state index contributed by atoms with van der Waals surface area (Å²) in [5.74, 6) is 0.0318. The van der Waals surface area contributed by atoms with E-state index in [1.165, 1.54) is 11.8 Å². The summed E-state index contributed by atoms with van der Waals surface area (Å²) < 4.78 is 24.1. The lowest BCUT2D eigenvalue weighted by molar-refractivity contribution is -0.117. The molecule has 130 valence electrons. The number of rotatable bonds is 3. The fourth-order valence-corrected chi connectivity index (χ4v) is 7.16. The van der Waals surface area contributed by atoms with Gasteiger partial charge in [-0.1, -0.05) is 36.4 Å². The van der Waals surface area contributed by atoms with E-state index in [9.17, 15) is 13.2 Å². The summed E-state index contributed by atoms with van der Waals surface area (Å²) in [6.07, 6.45) is 1.12. The van der Waals surface area contributed by atoms with E-state index in [0.29, 0.717) is 16.6 Å². The van der Waals surface area contributed by atoms with Gasteiger partial charge in [0.25, 0.3) is 0 Å². The summed E-state index contributed by atoms with van der Waals surface area (Å²) >= 11 is 7.53. The van der Waals surface area contributed by atoms with Crippen LogP contribution >= 0.6 is 23.4 Å². The summed E-state index contributed by atoms with van der Waals surface area (Å²) in [5.41, 5.74) is 1.79. The van der Waals surface area contributed by atoms with Crippen LogP contribution in [0, 0.1) is 6.92 Å². The van der Waals surface area contributed by atoms with Crippen molar-refractivity contribution in [2.45, 2.75) is 38.0 Å². The Bertz CT molecular complexity index is 808. The van der Waals surface area contributed by atoms with Gasteiger partial charge in [0.05, 0.1) is 17.5 Å². The Balaban J connectivity index is 2.04. The number of hydrogen-bond donors (Lipinski definition) is 0. The van der Waals surface area contributed by atoms with Crippen LogP contribution in [0.25, 0.3) is 0 Å². The first-order valence-corrected chi connectivity index (χ1v) is 10.9. The van der Waals surface area contributed by atoms with Crippen molar-refractivity contribution in [2.75, 3.05) is 16.4 Å². The Kier molecular flexibility index (Phi) is 4.95. The van der Waals surface area contributed by atoms with Gasteiger partial charge in [-0.2, -0.15) is 4.99 Å². The molecule has 0 unspecified atom stereocenters. The molecule has 3 rings (SSSR count). The van der Waals surface area contributed by atoms with E-state index < -0.39 is 9.84 Å². The molecule has 0 radical (unpaired) electrons. The van der Waals surface area contributed by atoms with Crippen LogP contribution in [-0.2, 0) is 14.6 Å². The molecule has 2 atom stereocenters. The zero-order valence-electron chi connectivity index (χ0n) is 13.5. The van der Waals surface area contributed by atoms with Crippen molar-refractivity contribution in [1.82, 2.24) is 0 Å². The third-order valence-corrected chi connectivity index (χ3v) is 7.63. The van der Waals surface area contributed by atoms with Crippen LogP contribution in [-0.4, -0.2) is 42.3 Å². The van der Waals surface area contributed by atoms with Crippen LogP contribution in [0.3, 0.4) is 0 Å². The molecule has 1 aromatic carbocycles. The number of aliphatic imine (C=N–C) groups is 1. The number of aryl methyl sites for hydroxylation is 1. The highest BCUT2D eigenvalue weighted by atomic mass is 35.5. The van der Waals surface area contributed by atoms with E-state index in [2.05, 4.69) is 4.99 Å². The van der Waals surface area contributed by atoms with E-state index in [1.54, 1.807) is 6.07 Å². The van der Waals surface area contributed by atoms with Crippen LogP contribution in [0.5, 0.6) is 0 Å². The molecular weight excluding hydrogens is 368 g/mol. The number of amidine groups is 1. The van der Waals surface area contributed by atoms with E-state index in [1.807, 2.05) is 30.9 Å². The smallest absolute Gasteiger partial charge is 0.248 e. The lowest BCUT2D eigenvalue weighted by atomic mass is 10.1. The summed E-state index contributed by atoms with van der Waals surface area (Å²) in [4.78, 5) is 18.2. The second kappa shape index (κ2) is 6.69. The summed E-state index contributed by atoms with van der Waals surface area (Å²) in [7, 11) is -3.07. The quantitative estimate of drug-likeness (QED) is 0.798. The molecule has 2 aliphatic rings. The maximum atomic E-state index is 12.0. The number of anilines is 1. The van der Waals surface area contributed by atoms with Gasteiger partial charge in [0.15, 0.2) is 15.0 Å². The summed E-state index contributed by atoms with van der Waals surface area (Å²) in [6, 6.07) is 5.30. The predicted molar refractivity (Wildman–Crippen MR) is 99.8 cm³/mol. The van der Waals surface area contributed by atoms with Gasteiger partial charge in [0, 0.05) is 22.4 Å². The van der Waals surface area contributed by atoms with Gasteiger partial charge in [-0.3, -0.25) is 4.79 Å². The second-order valence-corrected chi connectivity index (χ2v) is 9.94. The molecule has 2 saturated heterocycles. The minimum absolute atomic E-state index is 0.0810. The predicted octanol–water partition coefficient (Wildman–Crippen LogP) is 3.05. The minimum atomic E-state index is -3.07. The Morgan fingerprint density at radius 3 is 2.88 bits per heavy atom. The van der Waals surface area contributed by atoms with Crippen molar-refractivity contribution in [3.05, 3.63) is 28.8 Å². The van der Waals surface area contributed by atoms with Crippen molar-refractivity contribution < 1.29 is 13.2 Å². The van der Waals surface area contributed by atoms with Gasteiger partial charge in [-0.25, -0.2) is 8.42 Å². The first-order valence-electron chi connectivity index (χ1n) is 7.84. The summed E-state index contributed by atoms with van der Waals surface area (Å²) in [5, 5.41) is 1.06. The van der Waals surface area contributed by atoms with E-state index >= 15 is 0 Å². The molecule has 1 aromatic rings. The molecule has 5 nitrogen and oxygen atoms in total. The normalized spacial score (nSPS) is 26.8. The van der Waals surface area contributed by atoms with E-state index in [-0.39, 0.29) is 28.7 Å². The van der Waals surface area contributed by atoms with Crippen LogP contribution in [0.15, 0.2) is 23.2 Å². The average Bonchev–Trinajstić information content (AvgIpc) is 2.93. The molecule has 0 N–H and O–H groups in total. The third kappa shape index (κ3) is 3.48. The minimum Gasteiger partial charge on any atom is -0.315 e. The van der Waals surface area contributed by atoms with Crippen molar-refractivity contribution >= 4 is 50.0 Å². The van der Waals surface area contributed by atoms with Crippen molar-refractivity contribution in [3.63, 3.8) is 0 Å². The number of benzene rings is 1. The van der Waals surface area contributed by atoms with Crippen LogP contribution in [0.1, 0.15) is 25.3 Å². The SMILES string of the molecule is CCCC(=O)N=C1S[C@@H]2CS(=O)(=O)C[C@@H]2N1c1cc(Cl)ccc1C. The Morgan fingerprint density at radius 2 is 2.17 bits per heavy atom. The molecule has 8 heteroatoms. The lowest BCUT2D eigenvalue weighted by Crippen LogP contribution is -2.38. The number of thioether (sulfide) groups is 1. The number of carbonyl (C=O) groups is 1. The molecule has 2 aliphatic heterocycles. The molecule has 2 heterocycles. The number of hydrogen-bond acceptors (Lipinski definition) is 4. The first-order chi connectivity index (χ1) is 11.3. The lowest BCUT2D eigenvalue weighted by Gasteiger charge is -2.26. The molecule has 24 heavy (non-hydrogen) atoms. The average molecular weight is 387 g/mol. The van der Waals surface area contributed by atoms with Gasteiger partial charge >= 0.3 is 0 Å². The van der Waals surface area contributed by atoms with Crippen LogP contribution in [0.4, 0.5) is 5.69 Å². The molecule has 0 aliphatic carbocycles. The first kappa shape index (κ1) is 17.8. The third-order valence-electron chi connectivity index (χ3n) is 4.18. The topological polar surface area (TPSA) is 66.8 Å². The highest BCUT2D eigenvalue weighted by molar-refractivity contribution is 8.16. The second-order valence-electron chi connectivity index (χ2n) is 6.14. The number of fused-ring (bicyclic) bond motifs is 1. The fraction of sp³-hybridized carbons (Fsp3) is 0.500. The van der Waals surface area contributed by atoms with Crippen molar-refractivity contribution in [3.8, 4) is 0 Å². The maximum absolute atomic E-state index is 12.0. The number of nitrogens with zero attached hydrogens (tertiary/aromatic N) is 2. The zero-order valence-corrected chi connectivity index (χ0v) is 15.9. The standard InChI is InChI=1S/C16H19ClN2O3S2/c1-3-4-15(20)18-16-19(12-7-11(17)6-5-10(12)2)13-8-24(21,22)9-14(13)23-16/h5-7,13-14H,3-4,8-9H2,1-2H3/t13-,14+/m0/s1. The van der Waals surface area contributed by atoms with Gasteiger partial charge in [0.1, 0.15) is 0 Å². The van der Waals surface area contributed by atoms with Gasteiger partial charge in [-0.05, 0) is 31.0 Å². The number of amides is 1. The number of sulfone groups is 1. The Hall–Kier alpha value is -1.05. The largest absolute Gasteiger partial charge is 0.315 e. The molecular formula is C16H19ClN2O3S2. The maximum Gasteiger partial charge on any atom is 0.248 e. The highest BCUT2D eigenvalue weighted by Gasteiger charge is 2.49. The molecule has 0 aromatic heterocycles. The van der Waals surface area contributed by atoms with Crippen molar-refractivity contribution in [2.24, 2.45) is 4.99 Å². The zero-order chi connectivity index (χ0) is 17.5. The van der Waals surface area contributed by atoms with Crippen LogP contribution < -0.4 is 4.90 Å². The van der Waals surface area contributed by atoms with Crippen LogP contribution in [0.2, 0.25) is 5.02 Å². The molecule has 0 bridgehead atoms. The van der Waals surface area contributed by atoms with E-state index in [0.717, 1.165) is 17.7 Å². The van der Waals surface area contributed by atoms with Crippen molar-refractivity contribution in [1.29, 1.82) is 0 Å². The van der Waals surface area contributed by atoms with Gasteiger partial charge in [0.2, 0.25) is 5.91 Å². The Morgan fingerprint density at radius 1 is 1.42 bits per heavy atom. The summed E-state index contributed by atoms with van der Waals surface area (Å²) in [6.45, 7) is 3.87. The van der Waals surface area contributed by atoms with E-state index in [4.69, 9.17) is 11.6 Å². The number of carbonyl (C=O) groups excluding carboxylic acids is 1.